The minimum Gasteiger partial charge on any atom is -0.444 e. The summed E-state index contributed by atoms with van der Waals surface area (Å²) in [5.41, 5.74) is 0.676. The number of benzene rings is 3. The molecular formula is C46H61N5O9. The summed E-state index contributed by atoms with van der Waals surface area (Å²) in [6, 6.07) is 19.6. The maximum absolute atomic E-state index is 14.3. The predicted octanol–water partition coefficient (Wildman–Crippen LogP) is 6.80. The Morgan fingerprint density at radius 1 is 0.617 bits per heavy atom. The number of Topliss-reactive ketones (excluding diaryl/α,β-unsaturated/α-hetero) is 1. The van der Waals surface area contributed by atoms with Crippen LogP contribution in [-0.4, -0.2) is 77.2 Å². The van der Waals surface area contributed by atoms with Gasteiger partial charge in [0.25, 0.3) is 0 Å². The second-order valence-electron chi connectivity index (χ2n) is 17.3. The first-order valence-electron chi connectivity index (χ1n) is 20.5. The second kappa shape index (κ2) is 21.0. The second-order valence-corrected chi connectivity index (χ2v) is 17.3. The summed E-state index contributed by atoms with van der Waals surface area (Å²) in [6.07, 6.45) is 1.65. The van der Waals surface area contributed by atoms with Gasteiger partial charge in [0.1, 0.15) is 28.9 Å². The van der Waals surface area contributed by atoms with Gasteiger partial charge in [0.2, 0.25) is 17.7 Å². The van der Waals surface area contributed by atoms with E-state index in [1.165, 1.54) is 0 Å². The van der Waals surface area contributed by atoms with E-state index in [0.717, 1.165) is 18.4 Å². The van der Waals surface area contributed by atoms with Crippen LogP contribution in [0.25, 0.3) is 0 Å². The fraction of sp³-hybridized carbons (Fsp3) is 0.478. The average Bonchev–Trinajstić information content (AvgIpc) is 3.92. The highest BCUT2D eigenvalue weighted by molar-refractivity contribution is 5.98. The van der Waals surface area contributed by atoms with Crippen LogP contribution in [0.15, 0.2) is 78.9 Å². The third-order valence-corrected chi connectivity index (χ3v) is 9.38. The highest BCUT2D eigenvalue weighted by Gasteiger charge is 2.50. The van der Waals surface area contributed by atoms with Crippen molar-refractivity contribution in [2.45, 2.75) is 135 Å². The molecule has 0 bridgehead atoms. The number of epoxide rings is 1. The van der Waals surface area contributed by atoms with Crippen LogP contribution in [0.3, 0.4) is 0 Å². The van der Waals surface area contributed by atoms with Crippen LogP contribution < -0.4 is 26.6 Å². The molecule has 1 aliphatic heterocycles. The van der Waals surface area contributed by atoms with Crippen molar-refractivity contribution in [1.82, 2.24) is 16.0 Å². The molecule has 0 aliphatic carbocycles. The molecule has 4 rings (SSSR count). The minimum absolute atomic E-state index is 0.00645. The number of ketones is 1. The molecule has 0 saturated carbocycles. The van der Waals surface area contributed by atoms with Crippen molar-refractivity contribution in [3.8, 4) is 0 Å². The topological polar surface area (TPSA) is 194 Å². The summed E-state index contributed by atoms with van der Waals surface area (Å²) < 4.78 is 16.2. The minimum atomic E-state index is -1.19. The number of carbonyl (C=O) groups excluding carboxylic acids is 6. The summed E-state index contributed by atoms with van der Waals surface area (Å²) in [7, 11) is 0. The van der Waals surface area contributed by atoms with Crippen molar-refractivity contribution in [1.29, 1.82) is 0 Å². The van der Waals surface area contributed by atoms with Gasteiger partial charge in [-0.3, -0.25) is 29.8 Å². The Morgan fingerprint density at radius 3 is 1.47 bits per heavy atom. The molecule has 14 nitrogen and oxygen atoms in total. The van der Waals surface area contributed by atoms with Gasteiger partial charge >= 0.3 is 12.2 Å². The van der Waals surface area contributed by atoms with Crippen molar-refractivity contribution < 1.29 is 43.0 Å². The van der Waals surface area contributed by atoms with Crippen LogP contribution in [0.5, 0.6) is 0 Å². The van der Waals surface area contributed by atoms with E-state index < -0.39 is 58.9 Å². The number of carbonyl (C=O) groups is 6. The fourth-order valence-corrected chi connectivity index (χ4v) is 6.21. The summed E-state index contributed by atoms with van der Waals surface area (Å²) >= 11 is 0. The summed E-state index contributed by atoms with van der Waals surface area (Å²) in [6.45, 7) is 14.5. The molecule has 1 aliphatic rings. The SMILES string of the molecule is CCCCCC(=O)N[C@H](Cc1ccc(NC(=O)OC(C)(C)C)cc1)C(=O)N[C@@H](Cc1ccc(NC(=O)OC(C)(C)C)cc1)C(=O)N[C@@H](Cc1ccccc1)C(=O)[C@@]1(C)CO1. The molecule has 5 N–H and O–H groups in total. The molecule has 1 saturated heterocycles. The smallest absolute Gasteiger partial charge is 0.412 e. The van der Waals surface area contributed by atoms with Gasteiger partial charge in [-0.05, 0) is 102 Å². The average molecular weight is 828 g/mol. The molecule has 1 fully saturated rings. The Balaban J connectivity index is 1.60. The van der Waals surface area contributed by atoms with Gasteiger partial charge in [-0.25, -0.2) is 9.59 Å². The molecular weight excluding hydrogens is 767 g/mol. The Hall–Kier alpha value is -5.76. The van der Waals surface area contributed by atoms with Crippen LogP contribution >= 0.6 is 0 Å². The Labute approximate surface area is 353 Å². The fourth-order valence-electron chi connectivity index (χ4n) is 6.21. The summed E-state index contributed by atoms with van der Waals surface area (Å²) in [5.74, 6) is -1.82. The first-order chi connectivity index (χ1) is 28.2. The Morgan fingerprint density at radius 2 is 1.03 bits per heavy atom. The van der Waals surface area contributed by atoms with Gasteiger partial charge in [-0.15, -0.1) is 0 Å². The van der Waals surface area contributed by atoms with Crippen LogP contribution in [0.1, 0.15) is 97.8 Å². The third-order valence-electron chi connectivity index (χ3n) is 9.38. The Bertz CT molecular complexity index is 1930. The number of hydrogen-bond donors (Lipinski definition) is 5. The first kappa shape index (κ1) is 46.9. The number of nitrogens with one attached hydrogen (secondary N) is 5. The lowest BCUT2D eigenvalue weighted by molar-refractivity contribution is -0.134. The normalized spacial score (nSPS) is 16.3. The highest BCUT2D eigenvalue weighted by atomic mass is 16.6. The predicted molar refractivity (Wildman–Crippen MR) is 229 cm³/mol. The molecule has 0 spiro atoms. The van der Waals surface area contributed by atoms with E-state index in [-0.39, 0.29) is 44.0 Å². The largest absolute Gasteiger partial charge is 0.444 e. The van der Waals surface area contributed by atoms with E-state index in [1.807, 2.05) is 37.3 Å². The molecule has 14 heteroatoms. The van der Waals surface area contributed by atoms with Crippen molar-refractivity contribution in [2.75, 3.05) is 17.2 Å². The van der Waals surface area contributed by atoms with Crippen LogP contribution in [0, 0.1) is 0 Å². The summed E-state index contributed by atoms with van der Waals surface area (Å²) in [4.78, 5) is 80.3. The number of hydrogen-bond acceptors (Lipinski definition) is 9. The molecule has 4 atom stereocenters. The highest BCUT2D eigenvalue weighted by Crippen LogP contribution is 2.29. The van der Waals surface area contributed by atoms with Crippen LogP contribution in [-0.2, 0) is 52.7 Å². The van der Waals surface area contributed by atoms with Crippen LogP contribution in [0.2, 0.25) is 0 Å². The van der Waals surface area contributed by atoms with Gasteiger partial charge in [0.15, 0.2) is 5.78 Å². The lowest BCUT2D eigenvalue weighted by Gasteiger charge is -2.26. The molecule has 0 aromatic heterocycles. The molecule has 3 aromatic carbocycles. The van der Waals surface area contributed by atoms with Gasteiger partial charge in [0, 0.05) is 30.6 Å². The number of rotatable bonds is 19. The number of amides is 5. The zero-order valence-electron chi connectivity index (χ0n) is 36.1. The zero-order valence-corrected chi connectivity index (χ0v) is 36.1. The van der Waals surface area contributed by atoms with Crippen molar-refractivity contribution in [3.63, 3.8) is 0 Å². The number of unbranched alkanes of at least 4 members (excludes halogenated alkanes) is 2. The maximum atomic E-state index is 14.3. The van der Waals surface area contributed by atoms with E-state index >= 15 is 0 Å². The molecule has 0 radical (unpaired) electrons. The molecule has 60 heavy (non-hydrogen) atoms. The van der Waals surface area contributed by atoms with E-state index in [1.54, 1.807) is 97.0 Å². The first-order valence-corrected chi connectivity index (χ1v) is 20.5. The van der Waals surface area contributed by atoms with Crippen LogP contribution in [0.4, 0.5) is 21.0 Å². The van der Waals surface area contributed by atoms with Gasteiger partial charge in [-0.2, -0.15) is 0 Å². The third kappa shape index (κ3) is 16.1. The number of anilines is 2. The van der Waals surface area contributed by atoms with Crippen molar-refractivity contribution in [2.24, 2.45) is 0 Å². The van der Waals surface area contributed by atoms with Crippen molar-refractivity contribution >= 4 is 47.1 Å². The maximum Gasteiger partial charge on any atom is 0.412 e. The Kier molecular flexibility index (Phi) is 16.4. The van der Waals surface area contributed by atoms with E-state index in [2.05, 4.69) is 26.6 Å². The molecule has 5 amide bonds. The monoisotopic (exact) mass is 827 g/mol. The molecule has 324 valence electrons. The quantitative estimate of drug-likeness (QED) is 0.0639. The van der Waals surface area contributed by atoms with Gasteiger partial charge in [0.05, 0.1) is 12.6 Å². The molecule has 0 unspecified atom stereocenters. The molecule has 1 heterocycles. The van der Waals surface area contributed by atoms with E-state index in [9.17, 15) is 28.8 Å². The lowest BCUT2D eigenvalue weighted by Crippen LogP contribution is -2.58. The number of ether oxygens (including phenoxy) is 3. The van der Waals surface area contributed by atoms with Gasteiger partial charge in [-0.1, -0.05) is 74.4 Å². The molecule has 3 aromatic rings. The lowest BCUT2D eigenvalue weighted by atomic mass is 9.94. The van der Waals surface area contributed by atoms with E-state index in [4.69, 9.17) is 14.2 Å². The van der Waals surface area contributed by atoms with Gasteiger partial charge < -0.3 is 30.2 Å². The van der Waals surface area contributed by atoms with E-state index in [0.29, 0.717) is 28.9 Å². The van der Waals surface area contributed by atoms with Crippen molar-refractivity contribution in [3.05, 3.63) is 95.6 Å². The summed E-state index contributed by atoms with van der Waals surface area (Å²) in [5, 5.41) is 14.0. The standard InChI is InChI=1S/C46H61N5O9/c1-9-10-12-17-38(52)49-36(27-31-18-22-33(23-19-31)47-42(56)59-44(2,3)4)40(54)51-37(28-32-20-24-34(25-21-32)48-43(57)60-45(5,6)7)41(55)50-35(39(53)46(8)29-58-46)26-30-15-13-11-14-16-30/h11,13-16,18-25,35-37H,9-10,12,17,26-29H2,1-8H3,(H,47,56)(H,48,57)(H,49,52)(H,50,55)(H,51,54)/t35-,36+,37-,46+/m0/s1. The zero-order chi connectivity index (χ0) is 44.1.